The summed E-state index contributed by atoms with van der Waals surface area (Å²) in [6, 6.07) is 8.93. The second-order valence-corrected chi connectivity index (χ2v) is 4.28. The molecule has 0 saturated carbocycles. The minimum Gasteiger partial charge on any atom is -0.368 e. The zero-order chi connectivity index (χ0) is 14.3. The average molecular weight is 269 g/mol. The second-order valence-electron chi connectivity index (χ2n) is 4.28. The molecule has 2 heterocycles. The normalized spacial score (nSPS) is 10.8. The van der Waals surface area contributed by atoms with Gasteiger partial charge in [0, 0.05) is 13.2 Å². The Morgan fingerprint density at radius 2 is 1.85 bits per heavy atom. The van der Waals surface area contributed by atoms with Gasteiger partial charge in [0.2, 0.25) is 5.95 Å². The van der Waals surface area contributed by atoms with Gasteiger partial charge in [0.15, 0.2) is 5.65 Å². The smallest absolute Gasteiger partial charge is 0.337 e. The lowest BCUT2D eigenvalue weighted by molar-refractivity contribution is 0.747. The van der Waals surface area contributed by atoms with Crippen molar-refractivity contribution in [3.8, 4) is 5.69 Å². The molecule has 3 rings (SSSR count). The molecular weight excluding hydrogens is 258 g/mol. The number of fused-ring (bicyclic) bond motifs is 1. The van der Waals surface area contributed by atoms with Gasteiger partial charge in [-0.25, -0.2) is 14.3 Å². The number of hydrogen-bond donors (Lipinski definition) is 1. The van der Waals surface area contributed by atoms with Gasteiger partial charge in [-0.2, -0.15) is 4.98 Å². The standard InChI is InChI=1S/C13H11N5O2/c1-17-11(19)9-7-15-12(14)16-10(9)18(13(17)20)8-5-3-2-4-6-8/h2-7H,1H3,(H2,14,15,16). The van der Waals surface area contributed by atoms with Crippen LogP contribution >= 0.6 is 0 Å². The number of hydrogen-bond acceptors (Lipinski definition) is 5. The van der Waals surface area contributed by atoms with Crippen LogP contribution < -0.4 is 17.0 Å². The van der Waals surface area contributed by atoms with Crippen molar-refractivity contribution < 1.29 is 0 Å². The molecule has 7 nitrogen and oxygen atoms in total. The predicted molar refractivity (Wildman–Crippen MR) is 74.8 cm³/mol. The third-order valence-electron chi connectivity index (χ3n) is 3.03. The molecule has 0 atom stereocenters. The van der Waals surface area contributed by atoms with E-state index in [9.17, 15) is 9.59 Å². The van der Waals surface area contributed by atoms with Crippen LogP contribution in [0.5, 0.6) is 0 Å². The molecule has 2 N–H and O–H groups in total. The lowest BCUT2D eigenvalue weighted by Gasteiger charge is -2.10. The van der Waals surface area contributed by atoms with Crippen molar-refractivity contribution in [1.29, 1.82) is 0 Å². The summed E-state index contributed by atoms with van der Waals surface area (Å²) in [7, 11) is 1.42. The van der Waals surface area contributed by atoms with Gasteiger partial charge in [-0.15, -0.1) is 0 Å². The molecule has 0 saturated heterocycles. The van der Waals surface area contributed by atoms with E-state index in [1.54, 1.807) is 24.3 Å². The largest absolute Gasteiger partial charge is 0.368 e. The number of nitrogens with two attached hydrogens (primary N) is 1. The molecule has 0 aliphatic heterocycles. The summed E-state index contributed by atoms with van der Waals surface area (Å²) in [5.41, 5.74) is 5.45. The first-order chi connectivity index (χ1) is 9.59. The van der Waals surface area contributed by atoms with E-state index >= 15 is 0 Å². The van der Waals surface area contributed by atoms with E-state index in [-0.39, 0.29) is 17.0 Å². The maximum absolute atomic E-state index is 12.3. The van der Waals surface area contributed by atoms with Crippen LogP contribution in [0, 0.1) is 0 Å². The Bertz CT molecular complexity index is 912. The van der Waals surface area contributed by atoms with Gasteiger partial charge in [-0.05, 0) is 12.1 Å². The molecule has 100 valence electrons. The summed E-state index contributed by atoms with van der Waals surface area (Å²) in [5.74, 6) is 0.00911. The van der Waals surface area contributed by atoms with Gasteiger partial charge in [0.05, 0.1) is 5.69 Å². The van der Waals surface area contributed by atoms with Crippen LogP contribution in [0.25, 0.3) is 16.7 Å². The summed E-state index contributed by atoms with van der Waals surface area (Å²) in [6.07, 6.45) is 1.33. The first kappa shape index (κ1) is 12.1. The first-order valence-corrected chi connectivity index (χ1v) is 5.89. The molecule has 0 bridgehead atoms. The van der Waals surface area contributed by atoms with Crippen LogP contribution in [-0.2, 0) is 7.05 Å². The first-order valence-electron chi connectivity index (χ1n) is 5.89. The molecule has 0 unspecified atom stereocenters. The number of nitrogens with zero attached hydrogens (tertiary/aromatic N) is 4. The fraction of sp³-hybridized carbons (Fsp3) is 0.0769. The molecule has 0 amide bonds. The van der Waals surface area contributed by atoms with Crippen molar-refractivity contribution in [2.75, 3.05) is 5.73 Å². The molecule has 0 aliphatic rings. The minimum absolute atomic E-state index is 0.00911. The number of benzene rings is 1. The van der Waals surface area contributed by atoms with Crippen LogP contribution in [0.15, 0.2) is 46.1 Å². The van der Waals surface area contributed by atoms with Gasteiger partial charge in [0.1, 0.15) is 5.39 Å². The Labute approximate surface area is 112 Å². The van der Waals surface area contributed by atoms with E-state index in [4.69, 9.17) is 5.73 Å². The van der Waals surface area contributed by atoms with E-state index in [2.05, 4.69) is 9.97 Å². The fourth-order valence-electron chi connectivity index (χ4n) is 2.03. The van der Waals surface area contributed by atoms with Gasteiger partial charge < -0.3 is 5.73 Å². The van der Waals surface area contributed by atoms with Gasteiger partial charge in [0.25, 0.3) is 5.56 Å². The highest BCUT2D eigenvalue weighted by molar-refractivity contribution is 5.75. The highest BCUT2D eigenvalue weighted by atomic mass is 16.2. The summed E-state index contributed by atoms with van der Waals surface area (Å²) in [5, 5.41) is 0.241. The van der Waals surface area contributed by atoms with Crippen LogP contribution in [0.3, 0.4) is 0 Å². The quantitative estimate of drug-likeness (QED) is 0.674. The summed E-state index contributed by atoms with van der Waals surface area (Å²) in [4.78, 5) is 32.3. The number of nitrogen functional groups attached to an aromatic ring is 1. The zero-order valence-electron chi connectivity index (χ0n) is 10.6. The minimum atomic E-state index is -0.480. The van der Waals surface area contributed by atoms with E-state index in [1.165, 1.54) is 17.8 Å². The average Bonchev–Trinajstić information content (AvgIpc) is 2.46. The molecule has 0 spiro atoms. The third-order valence-corrected chi connectivity index (χ3v) is 3.03. The molecular formula is C13H11N5O2. The fourth-order valence-corrected chi connectivity index (χ4v) is 2.03. The molecule has 20 heavy (non-hydrogen) atoms. The zero-order valence-corrected chi connectivity index (χ0v) is 10.6. The maximum atomic E-state index is 12.3. The summed E-state index contributed by atoms with van der Waals surface area (Å²) in [6.45, 7) is 0. The molecule has 1 aromatic carbocycles. The third kappa shape index (κ3) is 1.68. The van der Waals surface area contributed by atoms with Crippen LogP contribution in [0.4, 0.5) is 5.95 Å². The number of rotatable bonds is 1. The van der Waals surface area contributed by atoms with Gasteiger partial charge >= 0.3 is 5.69 Å². The molecule has 3 aromatic rings. The predicted octanol–water partition coefficient (Wildman–Crippen LogP) is 0.0616. The highest BCUT2D eigenvalue weighted by Gasteiger charge is 2.14. The molecule has 0 fully saturated rings. The van der Waals surface area contributed by atoms with Crippen molar-refractivity contribution >= 4 is 17.0 Å². The molecule has 0 radical (unpaired) electrons. The SMILES string of the molecule is Cn1c(=O)c2cnc(N)nc2n(-c2ccccc2)c1=O. The second kappa shape index (κ2) is 4.30. The molecule has 2 aromatic heterocycles. The number of para-hydroxylation sites is 1. The Kier molecular flexibility index (Phi) is 2.60. The topological polar surface area (TPSA) is 95.8 Å². The Morgan fingerprint density at radius 3 is 2.55 bits per heavy atom. The van der Waals surface area contributed by atoms with Crippen molar-refractivity contribution in [3.05, 3.63) is 57.4 Å². The Morgan fingerprint density at radius 1 is 1.15 bits per heavy atom. The number of anilines is 1. The van der Waals surface area contributed by atoms with Crippen molar-refractivity contribution in [1.82, 2.24) is 19.1 Å². The lowest BCUT2D eigenvalue weighted by atomic mass is 10.3. The lowest BCUT2D eigenvalue weighted by Crippen LogP contribution is -2.38. The Balaban J connectivity index is 2.57. The monoisotopic (exact) mass is 269 g/mol. The number of aromatic nitrogens is 4. The molecule has 0 aliphatic carbocycles. The van der Waals surface area contributed by atoms with E-state index in [0.29, 0.717) is 5.69 Å². The highest BCUT2D eigenvalue weighted by Crippen LogP contribution is 2.11. The molecule has 7 heteroatoms. The van der Waals surface area contributed by atoms with E-state index in [0.717, 1.165) is 4.57 Å². The van der Waals surface area contributed by atoms with E-state index < -0.39 is 11.2 Å². The van der Waals surface area contributed by atoms with Crippen LogP contribution in [0.1, 0.15) is 0 Å². The van der Waals surface area contributed by atoms with Gasteiger partial charge in [-0.1, -0.05) is 18.2 Å². The van der Waals surface area contributed by atoms with E-state index in [1.807, 2.05) is 6.07 Å². The van der Waals surface area contributed by atoms with Crippen molar-refractivity contribution in [3.63, 3.8) is 0 Å². The van der Waals surface area contributed by atoms with Crippen molar-refractivity contribution in [2.24, 2.45) is 7.05 Å². The van der Waals surface area contributed by atoms with Crippen LogP contribution in [-0.4, -0.2) is 19.1 Å². The van der Waals surface area contributed by atoms with Crippen LogP contribution in [0.2, 0.25) is 0 Å². The van der Waals surface area contributed by atoms with Crippen molar-refractivity contribution in [2.45, 2.75) is 0 Å². The maximum Gasteiger partial charge on any atom is 0.337 e. The Hall–Kier alpha value is -2.96. The summed E-state index contributed by atoms with van der Waals surface area (Å²) >= 11 is 0. The van der Waals surface area contributed by atoms with Gasteiger partial charge in [-0.3, -0.25) is 9.36 Å². The summed E-state index contributed by atoms with van der Waals surface area (Å²) < 4.78 is 2.36.